The molecule has 11 heteroatoms. The number of amides is 1. The number of pyridine rings is 1. The molecule has 31 heavy (non-hydrogen) atoms. The SMILES string of the molecule is C=CC(=O)NCC(=N)c1c(N2CC(F)C2)ccnc1Nc1ccc(OC(F)(F)F)cc1. The highest BCUT2D eigenvalue weighted by atomic mass is 19.4. The van der Waals surface area contributed by atoms with Gasteiger partial charge in [0.25, 0.3) is 0 Å². The fraction of sp³-hybridized carbons (Fsp3) is 0.250. The summed E-state index contributed by atoms with van der Waals surface area (Å²) in [5.41, 5.74) is 1.31. The molecule has 0 atom stereocenters. The monoisotopic (exact) mass is 437 g/mol. The number of aromatic nitrogens is 1. The van der Waals surface area contributed by atoms with Crippen LogP contribution in [-0.4, -0.2) is 48.8 Å². The molecule has 3 N–H and O–H groups in total. The lowest BCUT2D eigenvalue weighted by molar-refractivity contribution is -0.274. The van der Waals surface area contributed by atoms with Gasteiger partial charge in [-0.2, -0.15) is 0 Å². The van der Waals surface area contributed by atoms with Crippen LogP contribution >= 0.6 is 0 Å². The molecule has 1 aromatic heterocycles. The summed E-state index contributed by atoms with van der Waals surface area (Å²) in [6, 6.07) is 6.64. The van der Waals surface area contributed by atoms with Crippen LogP contribution in [0.2, 0.25) is 0 Å². The van der Waals surface area contributed by atoms with Gasteiger partial charge in [0, 0.05) is 11.9 Å². The minimum absolute atomic E-state index is 0.0140. The Bertz CT molecular complexity index is 973. The molecule has 1 amide bonds. The fourth-order valence-corrected chi connectivity index (χ4v) is 2.94. The van der Waals surface area contributed by atoms with Gasteiger partial charge in [-0.15, -0.1) is 13.2 Å². The van der Waals surface area contributed by atoms with E-state index in [1.54, 1.807) is 11.0 Å². The number of halogens is 4. The number of anilines is 3. The van der Waals surface area contributed by atoms with Crippen LogP contribution in [0.3, 0.4) is 0 Å². The van der Waals surface area contributed by atoms with Gasteiger partial charge in [0.05, 0.1) is 36.6 Å². The highest BCUT2D eigenvalue weighted by molar-refractivity contribution is 6.10. The molecule has 1 aliphatic rings. The van der Waals surface area contributed by atoms with Crippen LogP contribution in [0.1, 0.15) is 5.56 Å². The number of hydrogen-bond acceptors (Lipinski definition) is 6. The third-order valence-corrected chi connectivity index (χ3v) is 4.38. The van der Waals surface area contributed by atoms with E-state index in [9.17, 15) is 22.4 Å². The van der Waals surface area contributed by atoms with Crippen LogP contribution in [0.5, 0.6) is 5.75 Å². The lowest BCUT2D eigenvalue weighted by atomic mass is 10.0. The van der Waals surface area contributed by atoms with E-state index in [-0.39, 0.29) is 36.9 Å². The van der Waals surface area contributed by atoms with Gasteiger partial charge >= 0.3 is 6.36 Å². The number of carbonyl (C=O) groups excluding carboxylic acids is 1. The molecular weight excluding hydrogens is 418 g/mol. The van der Waals surface area contributed by atoms with Crippen molar-refractivity contribution in [3.8, 4) is 5.75 Å². The molecule has 2 aromatic rings. The molecule has 1 saturated heterocycles. The standard InChI is InChI=1S/C20H19F4N5O2/c1-2-17(30)27-9-15(25)18-16(29-10-12(21)11-29)7-8-26-19(18)28-13-3-5-14(6-4-13)31-20(22,23)24/h2-8,12,25H,1,9-11H2,(H,26,28)(H,27,30). The van der Waals surface area contributed by atoms with Gasteiger partial charge in [-0.25, -0.2) is 9.37 Å². The zero-order valence-electron chi connectivity index (χ0n) is 16.2. The number of benzene rings is 1. The maximum Gasteiger partial charge on any atom is 0.573 e. The van der Waals surface area contributed by atoms with Crippen LogP contribution in [0, 0.1) is 5.41 Å². The van der Waals surface area contributed by atoms with E-state index in [0.717, 1.165) is 18.2 Å². The predicted molar refractivity (Wildman–Crippen MR) is 108 cm³/mol. The smallest absolute Gasteiger partial charge is 0.406 e. The first-order valence-electron chi connectivity index (χ1n) is 9.15. The van der Waals surface area contributed by atoms with Crippen molar-refractivity contribution in [2.75, 3.05) is 29.9 Å². The topological polar surface area (TPSA) is 90.3 Å². The predicted octanol–water partition coefficient (Wildman–Crippen LogP) is 3.55. The zero-order valence-corrected chi connectivity index (χ0v) is 16.2. The Labute approximate surface area is 175 Å². The number of hydrogen-bond donors (Lipinski definition) is 3. The van der Waals surface area contributed by atoms with Crippen LogP contribution < -0.4 is 20.3 Å². The lowest BCUT2D eigenvalue weighted by Gasteiger charge is -2.38. The first-order chi connectivity index (χ1) is 14.7. The van der Waals surface area contributed by atoms with Crippen molar-refractivity contribution >= 4 is 28.8 Å². The summed E-state index contributed by atoms with van der Waals surface area (Å²) < 4.78 is 54.3. The van der Waals surface area contributed by atoms with E-state index in [1.807, 2.05) is 0 Å². The normalized spacial score (nSPS) is 13.9. The molecule has 164 valence electrons. The summed E-state index contributed by atoms with van der Waals surface area (Å²) in [6.07, 6.45) is -3.23. The highest BCUT2D eigenvalue weighted by Gasteiger charge is 2.31. The molecule has 1 aliphatic heterocycles. The maximum absolute atomic E-state index is 13.4. The summed E-state index contributed by atoms with van der Waals surface area (Å²) in [5.74, 6) is -0.602. The number of carbonyl (C=O) groups is 1. The van der Waals surface area contributed by atoms with Crippen LogP contribution in [-0.2, 0) is 4.79 Å². The number of nitrogens with one attached hydrogen (secondary N) is 3. The number of alkyl halides is 4. The molecule has 0 aliphatic carbocycles. The van der Waals surface area contributed by atoms with Crippen molar-refractivity contribution in [3.05, 3.63) is 54.7 Å². The molecule has 0 radical (unpaired) electrons. The largest absolute Gasteiger partial charge is 0.573 e. The van der Waals surface area contributed by atoms with E-state index < -0.39 is 18.4 Å². The van der Waals surface area contributed by atoms with Gasteiger partial charge in [0.2, 0.25) is 5.91 Å². The van der Waals surface area contributed by atoms with E-state index in [4.69, 9.17) is 5.41 Å². The Kier molecular flexibility index (Phi) is 6.42. The van der Waals surface area contributed by atoms with Crippen LogP contribution in [0.4, 0.5) is 34.8 Å². The number of nitrogens with zero attached hydrogens (tertiary/aromatic N) is 2. The summed E-state index contributed by atoms with van der Waals surface area (Å²) in [5, 5.41) is 13.9. The molecule has 2 heterocycles. The minimum Gasteiger partial charge on any atom is -0.406 e. The van der Waals surface area contributed by atoms with Gasteiger partial charge in [-0.05, 0) is 36.4 Å². The van der Waals surface area contributed by atoms with Gasteiger partial charge in [0.15, 0.2) is 0 Å². The Morgan fingerprint density at radius 2 is 1.97 bits per heavy atom. The molecule has 0 spiro atoms. The zero-order chi connectivity index (χ0) is 22.6. The van der Waals surface area contributed by atoms with E-state index >= 15 is 0 Å². The van der Waals surface area contributed by atoms with Crippen molar-refractivity contribution in [2.24, 2.45) is 0 Å². The fourth-order valence-electron chi connectivity index (χ4n) is 2.94. The van der Waals surface area contributed by atoms with Crippen molar-refractivity contribution in [1.82, 2.24) is 10.3 Å². The molecule has 0 bridgehead atoms. The second-order valence-electron chi connectivity index (χ2n) is 6.65. The molecule has 7 nitrogen and oxygen atoms in total. The van der Waals surface area contributed by atoms with Crippen molar-refractivity contribution < 1.29 is 27.1 Å². The quantitative estimate of drug-likeness (QED) is 0.334. The molecule has 0 saturated carbocycles. The van der Waals surface area contributed by atoms with Crippen molar-refractivity contribution in [3.63, 3.8) is 0 Å². The van der Waals surface area contributed by atoms with Gasteiger partial charge < -0.3 is 25.7 Å². The Morgan fingerprint density at radius 1 is 1.29 bits per heavy atom. The lowest BCUT2D eigenvalue weighted by Crippen LogP contribution is -2.49. The van der Waals surface area contributed by atoms with E-state index in [2.05, 4.69) is 26.9 Å². The van der Waals surface area contributed by atoms with Crippen LogP contribution in [0.25, 0.3) is 0 Å². The Morgan fingerprint density at radius 3 is 2.55 bits per heavy atom. The molecule has 3 rings (SSSR count). The summed E-state index contributed by atoms with van der Waals surface area (Å²) >= 11 is 0. The minimum atomic E-state index is -4.80. The van der Waals surface area contributed by atoms with Crippen molar-refractivity contribution in [2.45, 2.75) is 12.5 Å². The first-order valence-corrected chi connectivity index (χ1v) is 9.15. The first kappa shape index (κ1) is 22.1. The van der Waals surface area contributed by atoms with Gasteiger partial charge in [-0.3, -0.25) is 4.79 Å². The van der Waals surface area contributed by atoms with Gasteiger partial charge in [-0.1, -0.05) is 6.58 Å². The average Bonchev–Trinajstić information content (AvgIpc) is 2.69. The second-order valence-corrected chi connectivity index (χ2v) is 6.65. The summed E-state index contributed by atoms with van der Waals surface area (Å²) in [6.45, 7) is 3.55. The third kappa shape index (κ3) is 5.71. The maximum atomic E-state index is 13.4. The Hall–Kier alpha value is -3.63. The third-order valence-electron chi connectivity index (χ3n) is 4.38. The molecule has 1 fully saturated rings. The van der Waals surface area contributed by atoms with E-state index in [1.165, 1.54) is 18.3 Å². The highest BCUT2D eigenvalue weighted by Crippen LogP contribution is 2.32. The molecule has 1 aromatic carbocycles. The van der Waals surface area contributed by atoms with E-state index in [0.29, 0.717) is 16.9 Å². The molecular formula is C20H19F4N5O2. The van der Waals surface area contributed by atoms with Crippen molar-refractivity contribution in [1.29, 1.82) is 5.41 Å². The van der Waals surface area contributed by atoms with Gasteiger partial charge in [0.1, 0.15) is 17.7 Å². The average molecular weight is 437 g/mol. The van der Waals surface area contributed by atoms with Crippen LogP contribution in [0.15, 0.2) is 49.2 Å². The summed E-state index contributed by atoms with van der Waals surface area (Å²) in [4.78, 5) is 17.4. The summed E-state index contributed by atoms with van der Waals surface area (Å²) in [7, 11) is 0. The number of rotatable bonds is 8. The second kappa shape index (κ2) is 9.02. The Balaban J connectivity index is 1.86. The molecule has 0 unspecified atom stereocenters. The number of ether oxygens (including phenoxy) is 1.